The Morgan fingerprint density at radius 2 is 1.73 bits per heavy atom. The molecule has 0 aliphatic carbocycles. The average molecular weight is 203 g/mol. The van der Waals surface area contributed by atoms with Gasteiger partial charge in [-0.05, 0) is 6.07 Å². The van der Waals surface area contributed by atoms with Crippen LogP contribution in [0.5, 0.6) is 0 Å². The third-order valence-corrected chi connectivity index (χ3v) is 2.04. The van der Waals surface area contributed by atoms with Crippen molar-refractivity contribution in [2.75, 3.05) is 0 Å². The molecule has 0 unspecified atom stereocenters. The maximum atomic E-state index is 4.16. The lowest BCUT2D eigenvalue weighted by Crippen LogP contribution is -2.13. The number of nitrogens with one attached hydrogen (secondary N) is 1. The average Bonchev–Trinajstić information content (AvgIpc) is 2.67. The van der Waals surface area contributed by atoms with Crippen LogP contribution in [0.1, 0.15) is 26.5 Å². The number of nitrogens with zero attached hydrogens (tertiary/aromatic N) is 4. The number of H-pyrrole nitrogens is 1. The second-order valence-corrected chi connectivity index (χ2v) is 4.34. The third kappa shape index (κ3) is 1.86. The number of rotatable bonds is 1. The Hall–Kier alpha value is -1.78. The number of aromatic nitrogens is 5. The van der Waals surface area contributed by atoms with Crippen molar-refractivity contribution in [2.45, 2.75) is 26.2 Å². The molecule has 15 heavy (non-hydrogen) atoms. The smallest absolute Gasteiger partial charge is 0.181 e. The zero-order chi connectivity index (χ0) is 10.9. The van der Waals surface area contributed by atoms with Crippen LogP contribution in [0, 0.1) is 0 Å². The van der Waals surface area contributed by atoms with Crippen LogP contribution >= 0.6 is 0 Å². The van der Waals surface area contributed by atoms with Crippen LogP contribution in [0.15, 0.2) is 18.5 Å². The second-order valence-electron chi connectivity index (χ2n) is 4.34. The maximum absolute atomic E-state index is 4.16. The fraction of sp³-hybridized carbons (Fsp3) is 0.400. The first-order chi connectivity index (χ1) is 7.09. The molecular weight excluding hydrogens is 190 g/mol. The van der Waals surface area contributed by atoms with Gasteiger partial charge in [-0.1, -0.05) is 20.8 Å². The summed E-state index contributed by atoms with van der Waals surface area (Å²) < 4.78 is 0. The van der Waals surface area contributed by atoms with Crippen LogP contribution in [0.2, 0.25) is 0 Å². The summed E-state index contributed by atoms with van der Waals surface area (Å²) in [5.74, 6) is 0.608. The van der Waals surface area contributed by atoms with Crippen LogP contribution in [0.25, 0.3) is 11.5 Å². The lowest BCUT2D eigenvalue weighted by Gasteiger charge is -2.15. The maximum Gasteiger partial charge on any atom is 0.181 e. The third-order valence-electron chi connectivity index (χ3n) is 2.04. The first-order valence-corrected chi connectivity index (χ1v) is 4.77. The Labute approximate surface area is 88.0 Å². The van der Waals surface area contributed by atoms with Crippen molar-refractivity contribution in [1.82, 2.24) is 25.4 Å². The fourth-order valence-corrected chi connectivity index (χ4v) is 1.33. The van der Waals surface area contributed by atoms with Gasteiger partial charge in [-0.25, -0.2) is 9.97 Å². The van der Waals surface area contributed by atoms with E-state index in [1.54, 1.807) is 18.5 Å². The van der Waals surface area contributed by atoms with Crippen molar-refractivity contribution >= 4 is 0 Å². The van der Waals surface area contributed by atoms with Crippen molar-refractivity contribution < 1.29 is 0 Å². The van der Waals surface area contributed by atoms with E-state index >= 15 is 0 Å². The summed E-state index contributed by atoms with van der Waals surface area (Å²) in [6, 6.07) is 1.78. The highest BCUT2D eigenvalue weighted by Gasteiger charge is 2.24. The van der Waals surface area contributed by atoms with Crippen LogP contribution in [-0.4, -0.2) is 25.4 Å². The minimum absolute atomic E-state index is 0.0679. The van der Waals surface area contributed by atoms with E-state index in [1.807, 2.05) is 0 Å². The van der Waals surface area contributed by atoms with Crippen molar-refractivity contribution in [3.8, 4) is 11.5 Å². The van der Waals surface area contributed by atoms with Gasteiger partial charge in [0.15, 0.2) is 11.5 Å². The van der Waals surface area contributed by atoms with Gasteiger partial charge < -0.3 is 0 Å². The first kappa shape index (κ1) is 9.76. The van der Waals surface area contributed by atoms with E-state index in [0.717, 1.165) is 11.4 Å². The molecule has 2 aromatic rings. The monoisotopic (exact) mass is 203 g/mol. The molecular formula is C10H13N5. The predicted octanol–water partition coefficient (Wildman–Crippen LogP) is 1.56. The van der Waals surface area contributed by atoms with Gasteiger partial charge in [0, 0.05) is 17.8 Å². The van der Waals surface area contributed by atoms with Gasteiger partial charge in [0.25, 0.3) is 0 Å². The molecule has 2 heterocycles. The zero-order valence-electron chi connectivity index (χ0n) is 9.02. The molecule has 0 aromatic carbocycles. The normalized spacial score (nSPS) is 11.7. The molecule has 5 heteroatoms. The lowest BCUT2D eigenvalue weighted by molar-refractivity contribution is 0.567. The summed E-state index contributed by atoms with van der Waals surface area (Å²) in [6.45, 7) is 6.24. The molecule has 0 saturated carbocycles. The fourth-order valence-electron chi connectivity index (χ4n) is 1.33. The zero-order valence-corrected chi connectivity index (χ0v) is 9.02. The van der Waals surface area contributed by atoms with Crippen molar-refractivity contribution in [1.29, 1.82) is 0 Å². The largest absolute Gasteiger partial charge is 0.235 e. The standard InChI is InChI=1S/C10H13N5/c1-10(2,3)8-7(13-15-14-8)9-11-5-4-6-12-9/h4-6H,1-3H3,(H,13,14,15). The number of hydrogen-bond acceptors (Lipinski definition) is 4. The van der Waals surface area contributed by atoms with Gasteiger partial charge in [-0.15, -0.1) is 0 Å². The van der Waals surface area contributed by atoms with Gasteiger partial charge in [0.2, 0.25) is 0 Å². The molecule has 0 aliphatic rings. The molecule has 78 valence electrons. The molecule has 0 aliphatic heterocycles. The minimum atomic E-state index is -0.0679. The van der Waals surface area contributed by atoms with Crippen molar-refractivity contribution in [2.24, 2.45) is 0 Å². The van der Waals surface area contributed by atoms with E-state index in [2.05, 4.69) is 46.1 Å². The van der Waals surface area contributed by atoms with E-state index in [-0.39, 0.29) is 5.41 Å². The topological polar surface area (TPSA) is 67.3 Å². The summed E-state index contributed by atoms with van der Waals surface area (Å²) in [5, 5.41) is 10.9. The van der Waals surface area contributed by atoms with Crippen LogP contribution in [-0.2, 0) is 5.41 Å². The highest BCUT2D eigenvalue weighted by Crippen LogP contribution is 2.26. The Bertz CT molecular complexity index is 440. The quantitative estimate of drug-likeness (QED) is 0.763. The molecule has 0 radical (unpaired) electrons. The van der Waals surface area contributed by atoms with Gasteiger partial charge >= 0.3 is 0 Å². The second kappa shape index (κ2) is 3.42. The van der Waals surface area contributed by atoms with E-state index in [4.69, 9.17) is 0 Å². The van der Waals surface area contributed by atoms with Gasteiger partial charge in [-0.2, -0.15) is 15.4 Å². The molecule has 0 atom stereocenters. The summed E-state index contributed by atoms with van der Waals surface area (Å²) in [4.78, 5) is 8.32. The molecule has 0 bridgehead atoms. The molecule has 1 N–H and O–H groups in total. The molecule has 2 aromatic heterocycles. The minimum Gasteiger partial charge on any atom is -0.235 e. The summed E-state index contributed by atoms with van der Waals surface area (Å²) >= 11 is 0. The van der Waals surface area contributed by atoms with E-state index < -0.39 is 0 Å². The molecule has 0 amide bonds. The Kier molecular flexibility index (Phi) is 2.22. The van der Waals surface area contributed by atoms with Crippen LogP contribution in [0.3, 0.4) is 0 Å². The van der Waals surface area contributed by atoms with Crippen molar-refractivity contribution in [3.05, 3.63) is 24.2 Å². The molecule has 0 spiro atoms. The number of aromatic amines is 1. The van der Waals surface area contributed by atoms with Crippen LogP contribution in [0.4, 0.5) is 0 Å². The van der Waals surface area contributed by atoms with Crippen molar-refractivity contribution in [3.63, 3.8) is 0 Å². The molecule has 0 saturated heterocycles. The SMILES string of the molecule is CC(C)(C)c1n[nH]nc1-c1ncccn1. The molecule has 5 nitrogen and oxygen atoms in total. The van der Waals surface area contributed by atoms with Gasteiger partial charge in [0.1, 0.15) is 0 Å². The Morgan fingerprint density at radius 1 is 1.07 bits per heavy atom. The molecule has 2 rings (SSSR count). The van der Waals surface area contributed by atoms with Gasteiger partial charge in [-0.3, -0.25) is 0 Å². The Morgan fingerprint density at radius 3 is 2.33 bits per heavy atom. The summed E-state index contributed by atoms with van der Waals surface area (Å²) in [7, 11) is 0. The highest BCUT2D eigenvalue weighted by molar-refractivity contribution is 5.53. The van der Waals surface area contributed by atoms with E-state index in [1.165, 1.54) is 0 Å². The summed E-state index contributed by atoms with van der Waals surface area (Å²) in [5.41, 5.74) is 1.54. The molecule has 0 fully saturated rings. The predicted molar refractivity (Wildman–Crippen MR) is 56.1 cm³/mol. The summed E-state index contributed by atoms with van der Waals surface area (Å²) in [6.07, 6.45) is 3.40. The van der Waals surface area contributed by atoms with E-state index in [9.17, 15) is 0 Å². The lowest BCUT2D eigenvalue weighted by atomic mass is 9.90. The first-order valence-electron chi connectivity index (χ1n) is 4.77. The van der Waals surface area contributed by atoms with Crippen LogP contribution < -0.4 is 0 Å². The van der Waals surface area contributed by atoms with Gasteiger partial charge in [0.05, 0.1) is 5.69 Å². The Balaban J connectivity index is 2.51. The highest BCUT2D eigenvalue weighted by atomic mass is 15.3. The van der Waals surface area contributed by atoms with E-state index in [0.29, 0.717) is 5.82 Å². The number of hydrogen-bond donors (Lipinski definition) is 1.